The molecule has 0 radical (unpaired) electrons. The summed E-state index contributed by atoms with van der Waals surface area (Å²) in [6.07, 6.45) is 0. The molecule has 0 amide bonds. The second-order valence-electron chi connectivity index (χ2n) is 6.34. The Bertz CT molecular complexity index is 555. The zero-order chi connectivity index (χ0) is 17.5. The fourth-order valence-electron chi connectivity index (χ4n) is 1.93. The first-order chi connectivity index (χ1) is 10.7. The van der Waals surface area contributed by atoms with Crippen LogP contribution in [0, 0.1) is 0 Å². The molecule has 23 heavy (non-hydrogen) atoms. The van der Waals surface area contributed by atoms with Gasteiger partial charge in [-0.2, -0.15) is 0 Å². The predicted molar refractivity (Wildman–Crippen MR) is 102 cm³/mol. The fraction of sp³-hybridized carbons (Fsp3) is 0.588. The van der Waals surface area contributed by atoms with Crippen molar-refractivity contribution in [3.05, 3.63) is 34.9 Å². The molecule has 0 heterocycles. The van der Waals surface area contributed by atoms with E-state index < -0.39 is 10.8 Å². The minimum absolute atomic E-state index is 0.0830. The van der Waals surface area contributed by atoms with Gasteiger partial charge in [0.05, 0.1) is 12.6 Å². The first-order valence-electron chi connectivity index (χ1n) is 7.93. The molecule has 0 spiro atoms. The van der Waals surface area contributed by atoms with Gasteiger partial charge in [0.15, 0.2) is 5.96 Å². The molecule has 0 saturated carbocycles. The van der Waals surface area contributed by atoms with Gasteiger partial charge in [-0.05, 0) is 52.3 Å². The molecule has 4 nitrogen and oxygen atoms in total. The molecule has 0 aromatic heterocycles. The van der Waals surface area contributed by atoms with Gasteiger partial charge in [-0.1, -0.05) is 23.7 Å². The molecule has 2 N–H and O–H groups in total. The molecule has 2 unspecified atom stereocenters. The molecule has 2 atom stereocenters. The van der Waals surface area contributed by atoms with E-state index in [4.69, 9.17) is 11.6 Å². The minimum atomic E-state index is -0.890. The summed E-state index contributed by atoms with van der Waals surface area (Å²) < 4.78 is 11.9. The number of halogens is 1. The summed E-state index contributed by atoms with van der Waals surface area (Å²) in [6, 6.07) is 7.85. The van der Waals surface area contributed by atoms with E-state index >= 15 is 0 Å². The van der Waals surface area contributed by atoms with Gasteiger partial charge in [-0.25, -0.2) is 0 Å². The smallest absolute Gasteiger partial charge is 0.191 e. The number of nitrogens with zero attached hydrogens (tertiary/aromatic N) is 1. The standard InChI is InChI=1S/C17H28ClN3OS/c1-6-19-16(20-10-11-23(22)17(3,4)5)21-13(2)14-8-7-9-15(18)12-14/h7-9,12-13H,6,10-11H2,1-5H3,(H2,19,20,21). The Balaban J connectivity index is 2.67. The average Bonchev–Trinajstić information content (AvgIpc) is 2.46. The van der Waals surface area contributed by atoms with E-state index in [2.05, 4.69) is 22.5 Å². The van der Waals surface area contributed by atoms with Crippen molar-refractivity contribution in [2.75, 3.05) is 18.8 Å². The lowest BCUT2D eigenvalue weighted by Gasteiger charge is -2.19. The van der Waals surface area contributed by atoms with Crippen LogP contribution in [-0.4, -0.2) is 33.8 Å². The Morgan fingerprint density at radius 2 is 2.09 bits per heavy atom. The highest BCUT2D eigenvalue weighted by atomic mass is 35.5. The quantitative estimate of drug-likeness (QED) is 0.605. The molecule has 0 aliphatic rings. The zero-order valence-electron chi connectivity index (χ0n) is 14.6. The van der Waals surface area contributed by atoms with Gasteiger partial charge in [0.1, 0.15) is 0 Å². The minimum Gasteiger partial charge on any atom is -0.357 e. The van der Waals surface area contributed by atoms with Gasteiger partial charge in [-0.3, -0.25) is 9.20 Å². The maximum Gasteiger partial charge on any atom is 0.191 e. The van der Waals surface area contributed by atoms with E-state index in [0.29, 0.717) is 12.3 Å². The maximum absolute atomic E-state index is 12.1. The number of hydrogen-bond acceptors (Lipinski definition) is 2. The van der Waals surface area contributed by atoms with E-state index in [1.807, 2.05) is 52.0 Å². The third-order valence-corrected chi connectivity index (χ3v) is 5.43. The van der Waals surface area contributed by atoms with Crippen LogP contribution in [-0.2, 0) is 10.8 Å². The van der Waals surface area contributed by atoms with Gasteiger partial charge in [0.25, 0.3) is 0 Å². The molecule has 1 aromatic carbocycles. The largest absolute Gasteiger partial charge is 0.357 e. The van der Waals surface area contributed by atoms with Crippen molar-refractivity contribution in [2.45, 2.75) is 45.4 Å². The van der Waals surface area contributed by atoms with Gasteiger partial charge in [0, 0.05) is 32.9 Å². The average molecular weight is 358 g/mol. The highest BCUT2D eigenvalue weighted by Gasteiger charge is 2.18. The van der Waals surface area contributed by atoms with Crippen LogP contribution in [0.5, 0.6) is 0 Å². The number of aliphatic imine (C=N–C) groups is 1. The van der Waals surface area contributed by atoms with Crippen molar-refractivity contribution in [1.82, 2.24) is 10.6 Å². The van der Waals surface area contributed by atoms with Crippen LogP contribution in [0.1, 0.15) is 46.2 Å². The molecular formula is C17H28ClN3OS. The second kappa shape index (κ2) is 9.28. The monoisotopic (exact) mass is 357 g/mol. The predicted octanol–water partition coefficient (Wildman–Crippen LogP) is 3.50. The van der Waals surface area contributed by atoms with Crippen molar-refractivity contribution < 1.29 is 4.21 Å². The maximum atomic E-state index is 12.1. The lowest BCUT2D eigenvalue weighted by Crippen LogP contribution is -2.39. The number of hydrogen-bond donors (Lipinski definition) is 2. The first-order valence-corrected chi connectivity index (χ1v) is 9.62. The molecule has 0 aliphatic heterocycles. The lowest BCUT2D eigenvalue weighted by molar-refractivity contribution is 0.648. The third-order valence-electron chi connectivity index (χ3n) is 3.28. The SMILES string of the molecule is CCNC(=NCCS(=O)C(C)(C)C)NC(C)c1cccc(Cl)c1. The van der Waals surface area contributed by atoms with E-state index in [9.17, 15) is 4.21 Å². The molecule has 130 valence electrons. The van der Waals surface area contributed by atoms with Gasteiger partial charge >= 0.3 is 0 Å². The van der Waals surface area contributed by atoms with Crippen LogP contribution in [0.15, 0.2) is 29.3 Å². The topological polar surface area (TPSA) is 53.5 Å². The summed E-state index contributed by atoms with van der Waals surface area (Å²) >= 11 is 6.04. The van der Waals surface area contributed by atoms with E-state index in [0.717, 1.165) is 23.1 Å². The van der Waals surface area contributed by atoms with Crippen molar-refractivity contribution in [3.8, 4) is 0 Å². The summed E-state index contributed by atoms with van der Waals surface area (Å²) in [5.41, 5.74) is 1.10. The molecule has 0 aliphatic carbocycles. The Hall–Kier alpha value is -1.07. The summed E-state index contributed by atoms with van der Waals surface area (Å²) in [4.78, 5) is 4.52. The van der Waals surface area contributed by atoms with Crippen LogP contribution in [0.4, 0.5) is 0 Å². The van der Waals surface area contributed by atoms with Crippen molar-refractivity contribution in [1.29, 1.82) is 0 Å². The molecule has 0 bridgehead atoms. The van der Waals surface area contributed by atoms with E-state index in [1.165, 1.54) is 0 Å². The Kier molecular flexibility index (Phi) is 8.06. The van der Waals surface area contributed by atoms with E-state index in [-0.39, 0.29) is 10.8 Å². The third kappa shape index (κ3) is 7.36. The molecule has 1 aromatic rings. The molecule has 6 heteroatoms. The summed E-state index contributed by atoms with van der Waals surface area (Å²) in [5.74, 6) is 1.29. The highest BCUT2D eigenvalue weighted by Crippen LogP contribution is 2.17. The fourth-order valence-corrected chi connectivity index (χ4v) is 3.00. The molecule has 1 rings (SSSR count). The summed E-state index contributed by atoms with van der Waals surface area (Å²) in [5, 5.41) is 7.29. The van der Waals surface area contributed by atoms with Gasteiger partial charge in [0.2, 0.25) is 0 Å². The van der Waals surface area contributed by atoms with Crippen molar-refractivity contribution in [2.24, 2.45) is 4.99 Å². The van der Waals surface area contributed by atoms with Crippen LogP contribution >= 0.6 is 11.6 Å². The summed E-state index contributed by atoms with van der Waals surface area (Å²) in [6.45, 7) is 11.3. The van der Waals surface area contributed by atoms with E-state index in [1.54, 1.807) is 0 Å². The second-order valence-corrected chi connectivity index (χ2v) is 9.10. The Labute approximate surface area is 147 Å². The highest BCUT2D eigenvalue weighted by molar-refractivity contribution is 7.86. The molecular weight excluding hydrogens is 330 g/mol. The van der Waals surface area contributed by atoms with Crippen LogP contribution in [0.25, 0.3) is 0 Å². The molecule has 0 fully saturated rings. The molecule has 0 saturated heterocycles. The number of benzene rings is 1. The Morgan fingerprint density at radius 1 is 1.39 bits per heavy atom. The summed E-state index contributed by atoms with van der Waals surface area (Å²) in [7, 11) is -0.890. The van der Waals surface area contributed by atoms with Crippen LogP contribution in [0.3, 0.4) is 0 Å². The van der Waals surface area contributed by atoms with Gasteiger partial charge < -0.3 is 10.6 Å². The Morgan fingerprint density at radius 3 is 2.65 bits per heavy atom. The van der Waals surface area contributed by atoms with Crippen LogP contribution < -0.4 is 10.6 Å². The number of nitrogens with one attached hydrogen (secondary N) is 2. The van der Waals surface area contributed by atoms with Gasteiger partial charge in [-0.15, -0.1) is 0 Å². The van der Waals surface area contributed by atoms with Crippen LogP contribution in [0.2, 0.25) is 5.02 Å². The lowest BCUT2D eigenvalue weighted by atomic mass is 10.1. The van der Waals surface area contributed by atoms with Crippen molar-refractivity contribution in [3.63, 3.8) is 0 Å². The number of guanidine groups is 1. The zero-order valence-corrected chi connectivity index (χ0v) is 16.2. The van der Waals surface area contributed by atoms with Crippen molar-refractivity contribution >= 4 is 28.4 Å². The number of rotatable bonds is 6. The first kappa shape index (κ1) is 20.0. The normalized spacial score (nSPS) is 15.1.